The predicted octanol–water partition coefficient (Wildman–Crippen LogP) is 16.7. The summed E-state index contributed by atoms with van der Waals surface area (Å²) in [5.74, 6) is 0.851. The molecule has 0 aliphatic rings. The van der Waals surface area contributed by atoms with Crippen LogP contribution in [-0.4, -0.2) is 22.1 Å². The van der Waals surface area contributed by atoms with Crippen molar-refractivity contribution < 1.29 is 43.2 Å². The van der Waals surface area contributed by atoms with Gasteiger partial charge in [-0.2, -0.15) is 13.2 Å². The molecule has 1 N–H and O–H groups in total. The molecular weight excluding hydrogens is 976 g/mol. The Kier molecular flexibility index (Phi) is 17.2. The molecule has 0 saturated heterocycles. The third-order valence-corrected chi connectivity index (χ3v) is 13.3. The number of benzene rings is 4. The van der Waals surface area contributed by atoms with Gasteiger partial charge in [-0.15, -0.1) is 40.5 Å². The van der Waals surface area contributed by atoms with Crippen LogP contribution in [0.25, 0.3) is 53.7 Å². The Hall–Kier alpha value is -4.10. The Balaban J connectivity index is 0.000000453. The van der Waals surface area contributed by atoms with Gasteiger partial charge >= 0.3 is 6.18 Å². The largest absolute Gasteiger partial charge is 0.512 e. The topological polar surface area (TPSA) is 50.2 Å². The van der Waals surface area contributed by atoms with Crippen LogP contribution < -0.4 is 0 Å². The first kappa shape index (κ1) is 50.5. The van der Waals surface area contributed by atoms with Crippen LogP contribution >= 0.6 is 11.3 Å². The van der Waals surface area contributed by atoms with E-state index in [1.165, 1.54) is 46.7 Å². The molecule has 1 radical (unpaired) electrons. The number of carbonyl (C=O) groups excluding carboxylic acids is 1. The first-order valence-corrected chi connectivity index (χ1v) is 22.6. The second-order valence-corrected chi connectivity index (χ2v) is 19.3. The number of rotatable bonds is 13. The van der Waals surface area contributed by atoms with Crippen molar-refractivity contribution in [2.24, 2.45) is 17.3 Å². The molecule has 4 aromatic carbocycles. The number of allylic oxidation sites excluding steroid dienone is 2. The number of aliphatic hydroxyl groups is 1. The molecule has 0 spiro atoms. The smallest absolute Gasteiger partial charge is 0.394 e. The van der Waals surface area contributed by atoms with Crippen molar-refractivity contribution in [3.05, 3.63) is 126 Å². The van der Waals surface area contributed by atoms with Crippen molar-refractivity contribution in [1.82, 2.24) is 4.98 Å². The fourth-order valence-electron chi connectivity index (χ4n) is 8.02. The Labute approximate surface area is 385 Å². The predicted molar refractivity (Wildman–Crippen MR) is 252 cm³/mol. The Morgan fingerprint density at radius 2 is 1.32 bits per heavy atom. The number of nitrogens with zero attached hydrogens (tertiary/aromatic N) is 1. The number of halogens is 3. The van der Waals surface area contributed by atoms with Crippen molar-refractivity contribution in [2.75, 3.05) is 0 Å². The molecule has 2 aromatic heterocycles. The van der Waals surface area contributed by atoms with Crippen LogP contribution in [0.4, 0.5) is 13.2 Å². The maximum absolute atomic E-state index is 13.4. The van der Waals surface area contributed by atoms with Crippen LogP contribution in [-0.2, 0) is 36.7 Å². The zero-order valence-corrected chi connectivity index (χ0v) is 41.4. The van der Waals surface area contributed by atoms with Crippen LogP contribution in [0.15, 0.2) is 103 Å². The standard InChI is InChI=1S/C41H39F3NS.C13H24O2.Ir/c1-25(2)35-33-20-21-45-36(31-22-30-10-8-9-11-32(30)34(23-31)39(3,4)5)38(33)46-37(35)29-18-16-28(17-19-29)27-14-12-26(13-15-27)24-40(6,7)41(42,43)44;1-5-10(6-2)12(14)9-13(15)11(7-3)8-4;/h8-21,23,25H,24H2,1-7H3;9-11,14H,5-8H2,1-4H3;/q-1;;/b;12-9-;. The third-order valence-electron chi connectivity index (χ3n) is 12.0. The normalized spacial score (nSPS) is 12.6. The average Bonchev–Trinajstić information content (AvgIpc) is 3.61. The number of ketones is 1. The van der Waals surface area contributed by atoms with Crippen LogP contribution in [0, 0.1) is 23.3 Å². The zero-order valence-electron chi connectivity index (χ0n) is 38.2. The summed E-state index contributed by atoms with van der Waals surface area (Å²) in [6.45, 7) is 21.8. The molecule has 0 amide bonds. The first-order valence-electron chi connectivity index (χ1n) is 21.8. The van der Waals surface area contributed by atoms with Crippen molar-refractivity contribution in [3.63, 3.8) is 0 Å². The minimum Gasteiger partial charge on any atom is -0.512 e. The van der Waals surface area contributed by atoms with E-state index in [4.69, 9.17) is 4.98 Å². The van der Waals surface area contributed by atoms with E-state index in [9.17, 15) is 23.1 Å². The molecule has 0 aliphatic carbocycles. The molecule has 8 heteroatoms. The second-order valence-electron chi connectivity index (χ2n) is 18.3. The molecule has 0 aliphatic heterocycles. The molecule has 62 heavy (non-hydrogen) atoms. The zero-order chi connectivity index (χ0) is 44.9. The van der Waals surface area contributed by atoms with Crippen LogP contribution in [0.3, 0.4) is 0 Å². The number of pyridine rings is 1. The summed E-state index contributed by atoms with van der Waals surface area (Å²) in [6.07, 6.45) is 2.53. The van der Waals surface area contributed by atoms with Gasteiger partial charge in [0.1, 0.15) is 0 Å². The van der Waals surface area contributed by atoms with Crippen LogP contribution in [0.5, 0.6) is 0 Å². The fourth-order valence-corrected chi connectivity index (χ4v) is 9.48. The van der Waals surface area contributed by atoms with Gasteiger partial charge in [0.15, 0.2) is 5.78 Å². The van der Waals surface area contributed by atoms with Gasteiger partial charge in [0.25, 0.3) is 0 Å². The molecule has 2 heterocycles. The minimum absolute atomic E-state index is 0. The molecule has 0 fully saturated rings. The molecule has 0 saturated carbocycles. The van der Waals surface area contributed by atoms with E-state index in [1.54, 1.807) is 11.3 Å². The monoisotopic (exact) mass is 1040 g/mol. The number of hydrogen-bond acceptors (Lipinski definition) is 4. The van der Waals surface area contributed by atoms with E-state index in [0.29, 0.717) is 11.5 Å². The summed E-state index contributed by atoms with van der Waals surface area (Å²) < 4.78 is 41.4. The number of aliphatic hydroxyl groups excluding tert-OH is 1. The van der Waals surface area contributed by atoms with Crippen molar-refractivity contribution in [3.8, 4) is 32.8 Å². The number of thiophene rings is 1. The van der Waals surface area contributed by atoms with Gasteiger partial charge in [-0.1, -0.05) is 154 Å². The van der Waals surface area contributed by atoms with Crippen molar-refractivity contribution >= 4 is 38.0 Å². The summed E-state index contributed by atoms with van der Waals surface area (Å²) in [5, 5.41) is 13.3. The molecule has 0 unspecified atom stereocenters. The van der Waals surface area contributed by atoms with Gasteiger partial charge in [-0.25, -0.2) is 0 Å². The molecule has 6 aromatic rings. The summed E-state index contributed by atoms with van der Waals surface area (Å²) in [4.78, 5) is 17.9. The molecule has 3 nitrogen and oxygen atoms in total. The Morgan fingerprint density at radius 1 is 0.774 bits per heavy atom. The van der Waals surface area contributed by atoms with Crippen molar-refractivity contribution in [1.29, 1.82) is 0 Å². The van der Waals surface area contributed by atoms with E-state index in [-0.39, 0.29) is 55.3 Å². The van der Waals surface area contributed by atoms with Gasteiger partial charge in [0, 0.05) is 59.5 Å². The Bertz CT molecular complexity index is 2450. The van der Waals surface area contributed by atoms with E-state index < -0.39 is 11.6 Å². The average molecular weight is 1040 g/mol. The number of alkyl halides is 3. The second kappa shape index (κ2) is 21.1. The van der Waals surface area contributed by atoms with Crippen molar-refractivity contribution in [2.45, 2.75) is 126 Å². The minimum atomic E-state index is -4.25. The van der Waals surface area contributed by atoms with Gasteiger partial charge in [0.2, 0.25) is 0 Å². The SMILES string of the molecule is CC(C)c1c(-c2ccc(-c3ccc(CC(C)(C)C(F)(F)F)cc3)cc2)sc2c(-c3[c-]c4ccccc4c(C(C)(C)C)c3)nccc12.CCC(CC)C(=O)/C=C(\O)C(CC)CC.[Ir]. The first-order chi connectivity index (χ1) is 28.7. The molecule has 6 rings (SSSR count). The molecule has 333 valence electrons. The molecule has 0 atom stereocenters. The van der Waals surface area contributed by atoms with E-state index in [2.05, 4.69) is 101 Å². The number of fused-ring (bicyclic) bond motifs is 2. The quantitative estimate of drug-likeness (QED) is 0.0712. The summed E-state index contributed by atoms with van der Waals surface area (Å²) in [7, 11) is 0. The molecule has 0 bridgehead atoms. The van der Waals surface area contributed by atoms with Crippen LogP contribution in [0.1, 0.15) is 124 Å². The fraction of sp³-hybridized carbons (Fsp3) is 0.407. The molecular formula is C54H63F3IrNO2S-. The van der Waals surface area contributed by atoms with Gasteiger partial charge < -0.3 is 5.11 Å². The van der Waals surface area contributed by atoms with E-state index in [1.807, 2.05) is 58.2 Å². The van der Waals surface area contributed by atoms with E-state index in [0.717, 1.165) is 63.7 Å². The van der Waals surface area contributed by atoms with E-state index >= 15 is 0 Å². The van der Waals surface area contributed by atoms with Crippen LogP contribution in [0.2, 0.25) is 0 Å². The summed E-state index contributed by atoms with van der Waals surface area (Å²) >= 11 is 1.78. The summed E-state index contributed by atoms with van der Waals surface area (Å²) in [6, 6.07) is 32.5. The van der Waals surface area contributed by atoms with Gasteiger partial charge in [0.05, 0.1) is 11.2 Å². The maximum Gasteiger partial charge on any atom is 0.394 e. The number of aromatic nitrogens is 1. The maximum atomic E-state index is 13.4. The van der Waals surface area contributed by atoms with Gasteiger partial charge in [-0.05, 0) is 82.7 Å². The van der Waals surface area contributed by atoms with Gasteiger partial charge in [-0.3, -0.25) is 9.78 Å². The Morgan fingerprint density at radius 3 is 1.85 bits per heavy atom. The third kappa shape index (κ3) is 11.5. The number of hydrogen-bond donors (Lipinski definition) is 1. The summed E-state index contributed by atoms with van der Waals surface area (Å²) in [5.41, 5.74) is 6.57. The number of carbonyl (C=O) groups is 1.